The second-order valence-corrected chi connectivity index (χ2v) is 5.18. The Morgan fingerprint density at radius 1 is 1.31 bits per heavy atom. The molecule has 1 fully saturated rings. The van der Waals surface area contributed by atoms with Gasteiger partial charge < -0.3 is 10.6 Å². The van der Waals surface area contributed by atoms with Gasteiger partial charge in [0.2, 0.25) is 0 Å². The molecule has 2 N–H and O–H groups in total. The summed E-state index contributed by atoms with van der Waals surface area (Å²) in [4.78, 5) is 2.36. The molecular weight excluding hydrogens is 160 g/mol. The minimum Gasteiger partial charge on any atom is -0.330 e. The molecule has 0 spiro atoms. The van der Waals surface area contributed by atoms with Gasteiger partial charge in [-0.25, -0.2) is 0 Å². The van der Waals surface area contributed by atoms with E-state index in [0.29, 0.717) is 11.5 Å². The molecule has 0 aliphatic heterocycles. The third kappa shape index (κ3) is 2.44. The highest BCUT2D eigenvalue weighted by Crippen LogP contribution is 2.50. The summed E-state index contributed by atoms with van der Waals surface area (Å²) in [7, 11) is 4.37. The molecule has 0 amide bonds. The average molecular weight is 184 g/mol. The van der Waals surface area contributed by atoms with Crippen LogP contribution < -0.4 is 5.73 Å². The number of rotatable bonds is 5. The third-order valence-corrected chi connectivity index (χ3v) is 3.32. The first-order valence-corrected chi connectivity index (χ1v) is 5.38. The molecule has 0 aromatic heterocycles. The lowest BCUT2D eigenvalue weighted by Gasteiger charge is -2.33. The Labute approximate surface area is 82.5 Å². The zero-order valence-electron chi connectivity index (χ0n) is 9.51. The first-order valence-electron chi connectivity index (χ1n) is 5.38. The molecule has 0 bridgehead atoms. The van der Waals surface area contributed by atoms with E-state index in [0.717, 1.165) is 12.5 Å². The predicted molar refractivity (Wildman–Crippen MR) is 57.7 cm³/mol. The lowest BCUT2D eigenvalue weighted by atomic mass is 9.88. The van der Waals surface area contributed by atoms with Gasteiger partial charge in [-0.3, -0.25) is 0 Å². The molecule has 2 nitrogen and oxygen atoms in total. The Kier molecular flexibility index (Phi) is 3.36. The quantitative estimate of drug-likeness (QED) is 0.704. The summed E-state index contributed by atoms with van der Waals surface area (Å²) in [5.41, 5.74) is 6.32. The van der Waals surface area contributed by atoms with Crippen LogP contribution in [0.1, 0.15) is 33.1 Å². The van der Waals surface area contributed by atoms with Crippen LogP contribution in [0.5, 0.6) is 0 Å². The van der Waals surface area contributed by atoms with Crippen molar-refractivity contribution in [3.8, 4) is 0 Å². The molecule has 0 aromatic carbocycles. The summed E-state index contributed by atoms with van der Waals surface area (Å²) < 4.78 is 0. The van der Waals surface area contributed by atoms with Crippen molar-refractivity contribution in [3.05, 3.63) is 0 Å². The van der Waals surface area contributed by atoms with Crippen molar-refractivity contribution in [3.63, 3.8) is 0 Å². The second-order valence-electron chi connectivity index (χ2n) is 5.18. The maximum Gasteiger partial charge on any atom is 0.0160 e. The van der Waals surface area contributed by atoms with Gasteiger partial charge in [0.25, 0.3) is 0 Å². The van der Waals surface area contributed by atoms with Crippen LogP contribution in [0.25, 0.3) is 0 Å². The first-order chi connectivity index (χ1) is 6.02. The molecule has 0 saturated heterocycles. The van der Waals surface area contributed by atoms with Gasteiger partial charge in [0.1, 0.15) is 0 Å². The average Bonchev–Trinajstić information content (AvgIpc) is 2.80. The molecule has 1 saturated carbocycles. The Morgan fingerprint density at radius 3 is 2.08 bits per heavy atom. The Morgan fingerprint density at radius 2 is 1.85 bits per heavy atom. The summed E-state index contributed by atoms with van der Waals surface area (Å²) >= 11 is 0. The van der Waals surface area contributed by atoms with Crippen molar-refractivity contribution >= 4 is 0 Å². The molecule has 1 aliphatic carbocycles. The Balaban J connectivity index is 2.57. The van der Waals surface area contributed by atoms with Gasteiger partial charge in [-0.1, -0.05) is 13.8 Å². The monoisotopic (exact) mass is 184 g/mol. The molecule has 78 valence electrons. The van der Waals surface area contributed by atoms with Gasteiger partial charge in [0.05, 0.1) is 0 Å². The normalized spacial score (nSPS) is 22.4. The first kappa shape index (κ1) is 11.0. The van der Waals surface area contributed by atoms with Crippen molar-refractivity contribution in [2.24, 2.45) is 17.1 Å². The summed E-state index contributed by atoms with van der Waals surface area (Å²) in [5, 5.41) is 0. The highest BCUT2D eigenvalue weighted by atomic mass is 15.1. The van der Waals surface area contributed by atoms with Crippen LogP contribution in [0.2, 0.25) is 0 Å². The van der Waals surface area contributed by atoms with Crippen molar-refractivity contribution in [1.82, 2.24) is 4.90 Å². The van der Waals surface area contributed by atoms with E-state index in [4.69, 9.17) is 5.73 Å². The lowest BCUT2D eigenvalue weighted by molar-refractivity contribution is 0.168. The minimum atomic E-state index is 0.466. The zero-order valence-corrected chi connectivity index (χ0v) is 9.51. The van der Waals surface area contributed by atoms with Crippen LogP contribution in [0.3, 0.4) is 0 Å². The van der Waals surface area contributed by atoms with Crippen LogP contribution in [0, 0.1) is 11.3 Å². The smallest absolute Gasteiger partial charge is 0.0160 e. The van der Waals surface area contributed by atoms with E-state index >= 15 is 0 Å². The van der Waals surface area contributed by atoms with Gasteiger partial charge in [0, 0.05) is 6.04 Å². The molecule has 13 heavy (non-hydrogen) atoms. The topological polar surface area (TPSA) is 29.3 Å². The SMILES string of the molecule is CC(C)CC(N(C)C)C1(CN)CC1. The minimum absolute atomic E-state index is 0.466. The van der Waals surface area contributed by atoms with E-state index in [1.54, 1.807) is 0 Å². The van der Waals surface area contributed by atoms with E-state index in [-0.39, 0.29) is 0 Å². The van der Waals surface area contributed by atoms with Gasteiger partial charge in [-0.05, 0) is 51.2 Å². The van der Waals surface area contributed by atoms with Crippen LogP contribution in [-0.4, -0.2) is 31.6 Å². The van der Waals surface area contributed by atoms with Crippen LogP contribution in [0.15, 0.2) is 0 Å². The predicted octanol–water partition coefficient (Wildman–Crippen LogP) is 1.70. The number of nitrogens with zero attached hydrogens (tertiary/aromatic N) is 1. The molecule has 1 aliphatic rings. The molecule has 1 unspecified atom stereocenters. The van der Waals surface area contributed by atoms with Crippen molar-refractivity contribution in [1.29, 1.82) is 0 Å². The summed E-state index contributed by atoms with van der Waals surface area (Å²) in [6, 6.07) is 0.692. The fourth-order valence-corrected chi connectivity index (χ4v) is 2.29. The number of hydrogen-bond acceptors (Lipinski definition) is 2. The van der Waals surface area contributed by atoms with E-state index in [9.17, 15) is 0 Å². The van der Waals surface area contributed by atoms with Gasteiger partial charge in [-0.15, -0.1) is 0 Å². The molecule has 0 aromatic rings. The van der Waals surface area contributed by atoms with E-state index < -0.39 is 0 Å². The standard InChI is InChI=1S/C11H24N2/c1-9(2)7-10(13(3)4)11(8-12)5-6-11/h9-10H,5-8,12H2,1-4H3. The largest absolute Gasteiger partial charge is 0.330 e. The molecule has 0 radical (unpaired) electrons. The van der Waals surface area contributed by atoms with Gasteiger partial charge >= 0.3 is 0 Å². The van der Waals surface area contributed by atoms with Crippen LogP contribution in [-0.2, 0) is 0 Å². The highest BCUT2D eigenvalue weighted by Gasteiger charge is 2.48. The van der Waals surface area contributed by atoms with E-state index in [1.807, 2.05) is 0 Å². The summed E-state index contributed by atoms with van der Waals surface area (Å²) in [6.45, 7) is 5.45. The van der Waals surface area contributed by atoms with E-state index in [2.05, 4.69) is 32.8 Å². The summed E-state index contributed by atoms with van der Waals surface area (Å²) in [5.74, 6) is 0.774. The number of hydrogen-bond donors (Lipinski definition) is 1. The molecule has 1 rings (SSSR count). The highest BCUT2D eigenvalue weighted by molar-refractivity contribution is 5.03. The van der Waals surface area contributed by atoms with Crippen molar-refractivity contribution < 1.29 is 0 Å². The molecule has 2 heteroatoms. The van der Waals surface area contributed by atoms with E-state index in [1.165, 1.54) is 19.3 Å². The lowest BCUT2D eigenvalue weighted by Crippen LogP contribution is -2.41. The maximum absolute atomic E-state index is 5.86. The fraction of sp³-hybridized carbons (Fsp3) is 1.00. The van der Waals surface area contributed by atoms with Crippen molar-refractivity contribution in [2.45, 2.75) is 39.2 Å². The molecular formula is C11H24N2. The zero-order chi connectivity index (χ0) is 10.1. The maximum atomic E-state index is 5.86. The second kappa shape index (κ2) is 3.97. The fourth-order valence-electron chi connectivity index (χ4n) is 2.29. The van der Waals surface area contributed by atoms with Crippen LogP contribution >= 0.6 is 0 Å². The third-order valence-electron chi connectivity index (χ3n) is 3.32. The van der Waals surface area contributed by atoms with Crippen LogP contribution in [0.4, 0.5) is 0 Å². The number of nitrogens with two attached hydrogens (primary N) is 1. The van der Waals surface area contributed by atoms with Gasteiger partial charge in [-0.2, -0.15) is 0 Å². The van der Waals surface area contributed by atoms with Gasteiger partial charge in [0.15, 0.2) is 0 Å². The Bertz CT molecular complexity index is 159. The molecule has 0 heterocycles. The Hall–Kier alpha value is -0.0800. The van der Waals surface area contributed by atoms with Crippen molar-refractivity contribution in [2.75, 3.05) is 20.6 Å². The molecule has 1 atom stereocenters. The summed E-state index contributed by atoms with van der Waals surface area (Å²) in [6.07, 6.45) is 3.95.